The van der Waals surface area contributed by atoms with Crippen LogP contribution >= 0.6 is 11.3 Å². The molecule has 1 aliphatic heterocycles. The summed E-state index contributed by atoms with van der Waals surface area (Å²) in [7, 11) is 0. The zero-order chi connectivity index (χ0) is 22.7. The Balaban J connectivity index is 1.52. The molecule has 3 aromatic rings. The molecule has 0 saturated carbocycles. The van der Waals surface area contributed by atoms with Crippen LogP contribution in [0.2, 0.25) is 0 Å². The van der Waals surface area contributed by atoms with Gasteiger partial charge in [0.05, 0.1) is 5.69 Å². The van der Waals surface area contributed by atoms with Crippen LogP contribution in [0.25, 0.3) is 17.3 Å². The van der Waals surface area contributed by atoms with E-state index in [9.17, 15) is 10.1 Å². The van der Waals surface area contributed by atoms with E-state index in [1.165, 1.54) is 11.3 Å². The molecule has 0 saturated heterocycles. The van der Waals surface area contributed by atoms with Gasteiger partial charge in [-0.25, -0.2) is 4.98 Å². The largest absolute Gasteiger partial charge is 0.486 e. The zero-order valence-electron chi connectivity index (χ0n) is 18.3. The summed E-state index contributed by atoms with van der Waals surface area (Å²) in [4.78, 5) is 17.2. The maximum absolute atomic E-state index is 12.7. The monoisotopic (exact) mass is 448 g/mol. The topological polar surface area (TPSA) is 89.2 Å². The highest BCUT2D eigenvalue weighted by Crippen LogP contribution is 2.35. The Kier molecular flexibility index (Phi) is 6.28. The molecule has 4 rings (SSSR count). The van der Waals surface area contributed by atoms with Crippen molar-refractivity contribution in [3.63, 3.8) is 0 Å². The Labute approximate surface area is 190 Å². The Morgan fingerprint density at radius 2 is 2.06 bits per heavy atom. The van der Waals surface area contributed by atoms with E-state index >= 15 is 0 Å². The SMILES string of the molecule is CCCn1c(C)cc(/C=C(/C#N)C(=O)Nc2nc(-c3ccc4c(c3)OCCO4)cs2)c1C. The number of ether oxygens (including phenoxy) is 2. The highest BCUT2D eigenvalue weighted by atomic mass is 32.1. The highest BCUT2D eigenvalue weighted by Gasteiger charge is 2.17. The summed E-state index contributed by atoms with van der Waals surface area (Å²) in [6.07, 6.45) is 2.65. The van der Waals surface area contributed by atoms with Crippen molar-refractivity contribution >= 4 is 28.5 Å². The van der Waals surface area contributed by atoms with E-state index in [1.807, 2.05) is 49.6 Å². The van der Waals surface area contributed by atoms with Crippen LogP contribution in [0.3, 0.4) is 0 Å². The Bertz CT molecular complexity index is 1230. The van der Waals surface area contributed by atoms with Crippen LogP contribution in [-0.4, -0.2) is 28.7 Å². The summed E-state index contributed by atoms with van der Waals surface area (Å²) < 4.78 is 13.4. The first kappa shape index (κ1) is 21.7. The molecule has 164 valence electrons. The van der Waals surface area contributed by atoms with Crippen molar-refractivity contribution in [3.8, 4) is 28.8 Å². The molecule has 7 nitrogen and oxygen atoms in total. The number of aromatic nitrogens is 2. The molecule has 8 heteroatoms. The first-order chi connectivity index (χ1) is 15.5. The molecular formula is C24H24N4O3S. The Morgan fingerprint density at radius 1 is 1.28 bits per heavy atom. The quantitative estimate of drug-likeness (QED) is 0.425. The van der Waals surface area contributed by atoms with Gasteiger partial charge < -0.3 is 14.0 Å². The smallest absolute Gasteiger partial charge is 0.268 e. The number of fused-ring (bicyclic) bond motifs is 1. The minimum Gasteiger partial charge on any atom is -0.486 e. The molecule has 0 unspecified atom stereocenters. The van der Waals surface area contributed by atoms with Crippen LogP contribution in [0.1, 0.15) is 30.3 Å². The molecule has 0 aliphatic carbocycles. The van der Waals surface area contributed by atoms with Crippen LogP contribution in [0.4, 0.5) is 5.13 Å². The van der Waals surface area contributed by atoms with E-state index in [0.717, 1.165) is 35.5 Å². The van der Waals surface area contributed by atoms with E-state index in [-0.39, 0.29) is 5.57 Å². The molecule has 2 aromatic heterocycles. The van der Waals surface area contributed by atoms with Crippen LogP contribution in [0.5, 0.6) is 11.5 Å². The molecule has 0 spiro atoms. The number of amides is 1. The van der Waals surface area contributed by atoms with Gasteiger partial charge in [-0.1, -0.05) is 6.92 Å². The van der Waals surface area contributed by atoms with Crippen molar-refractivity contribution in [2.24, 2.45) is 0 Å². The molecular weight excluding hydrogens is 424 g/mol. The maximum atomic E-state index is 12.7. The molecule has 1 aromatic carbocycles. The third kappa shape index (κ3) is 4.39. The number of benzene rings is 1. The fourth-order valence-corrected chi connectivity index (χ4v) is 4.39. The molecule has 1 N–H and O–H groups in total. The number of nitrogens with zero attached hydrogens (tertiary/aromatic N) is 3. The fraction of sp³-hybridized carbons (Fsp3) is 0.292. The second-order valence-corrected chi connectivity index (χ2v) is 8.36. The molecule has 3 heterocycles. The van der Waals surface area contributed by atoms with Crippen molar-refractivity contribution in [1.82, 2.24) is 9.55 Å². The number of carbonyl (C=O) groups is 1. The molecule has 0 atom stereocenters. The van der Waals surface area contributed by atoms with Gasteiger partial charge in [-0.15, -0.1) is 11.3 Å². The van der Waals surface area contributed by atoms with E-state index in [1.54, 1.807) is 6.08 Å². The third-order valence-electron chi connectivity index (χ3n) is 5.29. The van der Waals surface area contributed by atoms with Crippen molar-refractivity contribution in [3.05, 3.63) is 52.2 Å². The van der Waals surface area contributed by atoms with Gasteiger partial charge in [-0.05, 0) is 56.2 Å². The van der Waals surface area contributed by atoms with Gasteiger partial charge in [0, 0.05) is 28.9 Å². The highest BCUT2D eigenvalue weighted by molar-refractivity contribution is 7.14. The number of thiazole rings is 1. The predicted octanol–water partition coefficient (Wildman–Crippen LogP) is 4.96. The van der Waals surface area contributed by atoms with Crippen molar-refractivity contribution in [2.45, 2.75) is 33.7 Å². The summed E-state index contributed by atoms with van der Waals surface area (Å²) in [5.41, 5.74) is 4.65. The molecule has 0 bridgehead atoms. The zero-order valence-corrected chi connectivity index (χ0v) is 19.1. The average molecular weight is 449 g/mol. The van der Waals surface area contributed by atoms with E-state index in [0.29, 0.717) is 35.5 Å². The van der Waals surface area contributed by atoms with Gasteiger partial charge >= 0.3 is 0 Å². The number of nitriles is 1. The van der Waals surface area contributed by atoms with Gasteiger partial charge in [0.15, 0.2) is 16.6 Å². The van der Waals surface area contributed by atoms with Crippen LogP contribution in [0.15, 0.2) is 35.2 Å². The second-order valence-electron chi connectivity index (χ2n) is 7.50. The van der Waals surface area contributed by atoms with Crippen LogP contribution < -0.4 is 14.8 Å². The van der Waals surface area contributed by atoms with E-state index in [4.69, 9.17) is 9.47 Å². The van der Waals surface area contributed by atoms with Gasteiger partial charge in [0.1, 0.15) is 24.9 Å². The number of hydrogen-bond acceptors (Lipinski definition) is 6. The van der Waals surface area contributed by atoms with Gasteiger partial charge in [-0.3, -0.25) is 10.1 Å². The number of anilines is 1. The van der Waals surface area contributed by atoms with Crippen LogP contribution in [-0.2, 0) is 11.3 Å². The molecule has 1 amide bonds. The van der Waals surface area contributed by atoms with E-state index < -0.39 is 5.91 Å². The van der Waals surface area contributed by atoms with Crippen LogP contribution in [0, 0.1) is 25.2 Å². The molecule has 0 radical (unpaired) electrons. The second kappa shape index (κ2) is 9.28. The lowest BCUT2D eigenvalue weighted by Gasteiger charge is -2.18. The maximum Gasteiger partial charge on any atom is 0.268 e. The molecule has 1 aliphatic rings. The molecule has 0 fully saturated rings. The van der Waals surface area contributed by atoms with Gasteiger partial charge in [0.2, 0.25) is 0 Å². The summed E-state index contributed by atoms with van der Waals surface area (Å²) in [5.74, 6) is 0.921. The lowest BCUT2D eigenvalue weighted by Crippen LogP contribution is -2.15. The fourth-order valence-electron chi connectivity index (χ4n) is 3.68. The predicted molar refractivity (Wildman–Crippen MR) is 125 cm³/mol. The van der Waals surface area contributed by atoms with Gasteiger partial charge in [0.25, 0.3) is 5.91 Å². The number of hydrogen-bond donors (Lipinski definition) is 1. The lowest BCUT2D eigenvalue weighted by molar-refractivity contribution is -0.112. The third-order valence-corrected chi connectivity index (χ3v) is 6.05. The minimum absolute atomic E-state index is 0.0397. The first-order valence-electron chi connectivity index (χ1n) is 10.5. The Morgan fingerprint density at radius 3 is 2.81 bits per heavy atom. The number of carbonyl (C=O) groups excluding carboxylic acids is 1. The minimum atomic E-state index is -0.476. The standard InChI is InChI=1S/C24H24N4O3S/c1-4-7-28-15(2)10-18(16(28)3)11-19(13-25)23(29)27-24-26-20(14-32-24)17-5-6-21-22(12-17)31-9-8-30-21/h5-6,10-12,14H,4,7-9H2,1-3H3,(H,26,27,29)/b19-11-. The number of aryl methyl sites for hydroxylation is 1. The van der Waals surface area contributed by atoms with Crippen molar-refractivity contribution < 1.29 is 14.3 Å². The lowest BCUT2D eigenvalue weighted by atomic mass is 10.1. The summed E-state index contributed by atoms with van der Waals surface area (Å²) in [6, 6.07) is 9.65. The van der Waals surface area contributed by atoms with Crippen molar-refractivity contribution in [1.29, 1.82) is 5.26 Å². The van der Waals surface area contributed by atoms with Crippen molar-refractivity contribution in [2.75, 3.05) is 18.5 Å². The summed E-state index contributed by atoms with van der Waals surface area (Å²) in [6.45, 7) is 8.11. The number of rotatable bonds is 6. The summed E-state index contributed by atoms with van der Waals surface area (Å²) >= 11 is 1.30. The van der Waals surface area contributed by atoms with E-state index in [2.05, 4.69) is 21.8 Å². The summed E-state index contributed by atoms with van der Waals surface area (Å²) in [5, 5.41) is 14.6. The first-order valence-corrected chi connectivity index (χ1v) is 11.3. The molecule has 32 heavy (non-hydrogen) atoms. The number of nitrogens with one attached hydrogen (secondary N) is 1. The average Bonchev–Trinajstić information content (AvgIpc) is 3.37. The Hall–Kier alpha value is -3.57. The normalized spacial score (nSPS) is 13.0. The van der Waals surface area contributed by atoms with Gasteiger partial charge in [-0.2, -0.15) is 5.26 Å².